The Labute approximate surface area is 115 Å². The van der Waals surface area contributed by atoms with Crippen molar-refractivity contribution in [1.29, 1.82) is 0 Å². The van der Waals surface area contributed by atoms with Crippen molar-refractivity contribution in [3.05, 3.63) is 0 Å². The second-order valence-corrected chi connectivity index (χ2v) is 6.47. The summed E-state index contributed by atoms with van der Waals surface area (Å²) in [5.74, 6) is 1.27. The van der Waals surface area contributed by atoms with Gasteiger partial charge in [-0.1, -0.05) is 31.5 Å². The second-order valence-electron chi connectivity index (χ2n) is 5.51. The lowest BCUT2D eigenvalue weighted by Crippen LogP contribution is -2.34. The number of rotatable bonds is 6. The quantitative estimate of drug-likeness (QED) is 0.753. The largest absolute Gasteiger partial charge is 0.381 e. The Morgan fingerprint density at radius 3 is 2.83 bits per heavy atom. The van der Waals surface area contributed by atoms with E-state index in [1.54, 1.807) is 0 Å². The van der Waals surface area contributed by atoms with Crippen molar-refractivity contribution in [2.45, 2.75) is 45.4 Å². The Balaban J connectivity index is 1.58. The third kappa shape index (κ3) is 4.16. The number of nitrogens with one attached hydrogen (secondary N) is 1. The molecule has 1 heterocycles. The maximum absolute atomic E-state index is 5.46. The molecule has 2 rings (SSSR count). The summed E-state index contributed by atoms with van der Waals surface area (Å²) in [7, 11) is 0. The van der Waals surface area contributed by atoms with E-state index in [2.05, 4.69) is 12.2 Å². The molecule has 0 aromatic rings. The van der Waals surface area contributed by atoms with Crippen LogP contribution < -0.4 is 5.32 Å². The van der Waals surface area contributed by atoms with Crippen LogP contribution in [0.5, 0.6) is 0 Å². The van der Waals surface area contributed by atoms with Crippen LogP contribution in [-0.4, -0.2) is 37.2 Å². The van der Waals surface area contributed by atoms with Gasteiger partial charge in [0.15, 0.2) is 5.17 Å². The molecule has 18 heavy (non-hydrogen) atoms. The molecule has 3 nitrogen and oxygen atoms in total. The van der Waals surface area contributed by atoms with Gasteiger partial charge in [0.05, 0.1) is 0 Å². The highest BCUT2D eigenvalue weighted by atomic mass is 32.2. The zero-order valence-corrected chi connectivity index (χ0v) is 12.4. The molecule has 0 unspecified atom stereocenters. The van der Waals surface area contributed by atoms with E-state index >= 15 is 0 Å². The van der Waals surface area contributed by atoms with Gasteiger partial charge in [-0.25, -0.2) is 0 Å². The van der Waals surface area contributed by atoms with Gasteiger partial charge in [0, 0.05) is 32.1 Å². The molecule has 2 aliphatic rings. The smallest absolute Gasteiger partial charge is 0.156 e. The molecule has 0 atom stereocenters. The van der Waals surface area contributed by atoms with E-state index in [-0.39, 0.29) is 0 Å². The molecule has 0 saturated heterocycles. The van der Waals surface area contributed by atoms with Gasteiger partial charge in [0.2, 0.25) is 0 Å². The molecular weight excluding hydrogens is 244 g/mol. The molecule has 0 amide bonds. The molecule has 104 valence electrons. The van der Waals surface area contributed by atoms with E-state index in [1.165, 1.54) is 31.4 Å². The van der Waals surface area contributed by atoms with Crippen LogP contribution in [0.4, 0.5) is 0 Å². The van der Waals surface area contributed by atoms with Crippen LogP contribution in [0.25, 0.3) is 0 Å². The molecule has 0 radical (unpaired) electrons. The lowest BCUT2D eigenvalue weighted by atomic mass is 9.89. The van der Waals surface area contributed by atoms with Gasteiger partial charge in [-0.05, 0) is 31.1 Å². The minimum Gasteiger partial charge on any atom is -0.381 e. The van der Waals surface area contributed by atoms with Gasteiger partial charge in [0.25, 0.3) is 0 Å². The lowest BCUT2D eigenvalue weighted by molar-refractivity contribution is 0.133. The molecule has 4 heteroatoms. The summed E-state index contributed by atoms with van der Waals surface area (Å²) in [4.78, 5) is 4.73. The predicted octanol–water partition coefficient (Wildman–Crippen LogP) is 3.06. The zero-order chi connectivity index (χ0) is 12.7. The average Bonchev–Trinajstić information content (AvgIpc) is 2.85. The molecule has 1 saturated carbocycles. The van der Waals surface area contributed by atoms with Gasteiger partial charge in [0.1, 0.15) is 0 Å². The van der Waals surface area contributed by atoms with Gasteiger partial charge < -0.3 is 10.1 Å². The Morgan fingerprint density at radius 1 is 1.33 bits per heavy atom. The SMILES string of the molecule is CCCOCCCNC1=NCC2(CCCC2)CS1. The van der Waals surface area contributed by atoms with Crippen molar-refractivity contribution in [2.75, 3.05) is 32.1 Å². The summed E-state index contributed by atoms with van der Waals surface area (Å²) in [6.07, 6.45) is 7.79. The highest BCUT2D eigenvalue weighted by Crippen LogP contribution is 2.43. The predicted molar refractivity (Wildman–Crippen MR) is 79.4 cm³/mol. The van der Waals surface area contributed by atoms with Crippen LogP contribution in [0.2, 0.25) is 0 Å². The van der Waals surface area contributed by atoms with Crippen molar-refractivity contribution in [2.24, 2.45) is 10.4 Å². The zero-order valence-electron chi connectivity index (χ0n) is 11.5. The second kappa shape index (κ2) is 7.39. The molecule has 1 aliphatic carbocycles. The van der Waals surface area contributed by atoms with Gasteiger partial charge in [-0.3, -0.25) is 4.99 Å². The fourth-order valence-electron chi connectivity index (χ4n) is 2.70. The Hall–Kier alpha value is -0.220. The summed E-state index contributed by atoms with van der Waals surface area (Å²) >= 11 is 1.93. The summed E-state index contributed by atoms with van der Waals surface area (Å²) in [5.41, 5.74) is 0.556. The maximum Gasteiger partial charge on any atom is 0.156 e. The van der Waals surface area contributed by atoms with E-state index in [0.29, 0.717) is 5.41 Å². The highest BCUT2D eigenvalue weighted by Gasteiger charge is 2.36. The Kier molecular flexibility index (Phi) is 5.83. The molecule has 1 spiro atoms. The van der Waals surface area contributed by atoms with E-state index in [9.17, 15) is 0 Å². The first-order chi connectivity index (χ1) is 8.85. The van der Waals surface area contributed by atoms with Crippen molar-refractivity contribution < 1.29 is 4.74 Å². The van der Waals surface area contributed by atoms with Gasteiger partial charge in [-0.2, -0.15) is 0 Å². The number of nitrogens with zero attached hydrogens (tertiary/aromatic N) is 1. The highest BCUT2D eigenvalue weighted by molar-refractivity contribution is 8.13. The van der Waals surface area contributed by atoms with Crippen molar-refractivity contribution in [1.82, 2.24) is 5.32 Å². The van der Waals surface area contributed by atoms with Crippen LogP contribution in [0, 0.1) is 5.41 Å². The molecule has 1 fully saturated rings. The maximum atomic E-state index is 5.46. The van der Waals surface area contributed by atoms with E-state index in [0.717, 1.165) is 44.3 Å². The molecule has 0 bridgehead atoms. The van der Waals surface area contributed by atoms with Crippen molar-refractivity contribution >= 4 is 16.9 Å². The molecule has 1 N–H and O–H groups in total. The topological polar surface area (TPSA) is 33.6 Å². The number of hydrogen-bond acceptors (Lipinski definition) is 4. The monoisotopic (exact) mass is 270 g/mol. The normalized spacial score (nSPS) is 22.2. The Bertz CT molecular complexity index is 275. The number of hydrogen-bond donors (Lipinski definition) is 1. The first kappa shape index (κ1) is 14.2. The van der Waals surface area contributed by atoms with Crippen LogP contribution >= 0.6 is 11.8 Å². The molecule has 0 aromatic heterocycles. The summed E-state index contributed by atoms with van der Waals surface area (Å²) in [6, 6.07) is 0. The van der Waals surface area contributed by atoms with E-state index in [1.807, 2.05) is 11.8 Å². The third-order valence-electron chi connectivity index (χ3n) is 3.83. The van der Waals surface area contributed by atoms with Gasteiger partial charge in [-0.15, -0.1) is 0 Å². The number of thioether (sulfide) groups is 1. The van der Waals surface area contributed by atoms with Crippen LogP contribution in [0.1, 0.15) is 45.4 Å². The molecule has 0 aromatic carbocycles. The number of amidine groups is 1. The fourth-order valence-corrected chi connectivity index (χ4v) is 3.89. The third-order valence-corrected chi connectivity index (χ3v) is 5.13. The first-order valence-electron chi connectivity index (χ1n) is 7.33. The number of aliphatic imine (C=N–C) groups is 1. The van der Waals surface area contributed by atoms with Gasteiger partial charge >= 0.3 is 0 Å². The van der Waals surface area contributed by atoms with E-state index in [4.69, 9.17) is 9.73 Å². The standard InChI is InChI=1S/C14H26N2OS/c1-2-9-17-10-5-8-15-13-16-11-14(12-18-13)6-3-4-7-14/h2-12H2,1H3,(H,15,16). The average molecular weight is 270 g/mol. The van der Waals surface area contributed by atoms with Crippen molar-refractivity contribution in [3.8, 4) is 0 Å². The lowest BCUT2D eigenvalue weighted by Gasteiger charge is -2.31. The summed E-state index contributed by atoms with van der Waals surface area (Å²) < 4.78 is 5.46. The minimum absolute atomic E-state index is 0.556. The van der Waals surface area contributed by atoms with Crippen molar-refractivity contribution in [3.63, 3.8) is 0 Å². The van der Waals surface area contributed by atoms with E-state index < -0.39 is 0 Å². The Morgan fingerprint density at radius 2 is 2.17 bits per heavy atom. The van der Waals surface area contributed by atoms with Crippen LogP contribution in [0.15, 0.2) is 4.99 Å². The first-order valence-corrected chi connectivity index (χ1v) is 8.32. The summed E-state index contributed by atoms with van der Waals surface area (Å²) in [5, 5.41) is 4.59. The molecule has 1 aliphatic heterocycles. The molecular formula is C14H26N2OS. The van der Waals surface area contributed by atoms with Crippen LogP contribution in [-0.2, 0) is 4.74 Å². The number of ether oxygens (including phenoxy) is 1. The summed E-state index contributed by atoms with van der Waals surface area (Å²) in [6.45, 7) is 5.93. The fraction of sp³-hybridized carbons (Fsp3) is 0.929. The van der Waals surface area contributed by atoms with Crippen LogP contribution in [0.3, 0.4) is 0 Å². The minimum atomic E-state index is 0.556.